The number of hydrogen-bond acceptors (Lipinski definition) is 1. The van der Waals surface area contributed by atoms with E-state index >= 15 is 0 Å². The summed E-state index contributed by atoms with van der Waals surface area (Å²) in [5, 5.41) is 9.59. The van der Waals surface area contributed by atoms with Crippen LogP contribution in [0.25, 0.3) is 0 Å². The normalized spacial score (nSPS) is 10.3. The third-order valence-corrected chi connectivity index (χ3v) is 1.05. The predicted octanol–water partition coefficient (Wildman–Crippen LogP) is 1.54. The van der Waals surface area contributed by atoms with Gasteiger partial charge >= 0.3 is 0 Å². The van der Waals surface area contributed by atoms with Crippen LogP contribution in [0.4, 0.5) is 0 Å². The van der Waals surface area contributed by atoms with E-state index in [9.17, 15) is 5.26 Å². The number of rotatable bonds is 3. The Hall–Kier alpha value is -0.0800. The first kappa shape index (κ1) is 6.92. The molecule has 0 saturated carbocycles. The van der Waals surface area contributed by atoms with Crippen LogP contribution >= 0.6 is 0 Å². The second kappa shape index (κ2) is 4.09. The van der Waals surface area contributed by atoms with Gasteiger partial charge in [0, 0.05) is 0 Å². The molecule has 0 spiro atoms. The maximum atomic E-state index is 9.59. The summed E-state index contributed by atoms with van der Waals surface area (Å²) in [5.41, 5.74) is 0. The summed E-state index contributed by atoms with van der Waals surface area (Å²) in [7, 11) is 0. The summed E-state index contributed by atoms with van der Waals surface area (Å²) in [6, 6.07) is 0. The summed E-state index contributed by atoms with van der Waals surface area (Å²) in [4.78, 5) is 3.80. The summed E-state index contributed by atoms with van der Waals surface area (Å²) in [6.07, 6.45) is 1.57. The molecule has 0 atom stereocenters. The Morgan fingerprint density at radius 3 is 1.86 bits per heavy atom. The first-order chi connectivity index (χ1) is 3.35. The van der Waals surface area contributed by atoms with E-state index in [4.69, 9.17) is 0 Å². The van der Waals surface area contributed by atoms with Crippen LogP contribution in [0.2, 0.25) is 0 Å². The van der Waals surface area contributed by atoms with E-state index in [2.05, 4.69) is 4.89 Å². The monoisotopic (exact) mass is 103 g/mol. The molecule has 0 aromatic carbocycles. The van der Waals surface area contributed by atoms with Crippen molar-refractivity contribution >= 4 is 0 Å². The van der Waals surface area contributed by atoms with Crippen molar-refractivity contribution in [2.45, 2.75) is 32.8 Å². The minimum atomic E-state index is -0.0694. The van der Waals surface area contributed by atoms with Crippen LogP contribution in [-0.4, -0.2) is 6.10 Å². The lowest BCUT2D eigenvalue weighted by Gasteiger charge is -2.02. The van der Waals surface area contributed by atoms with E-state index in [0.717, 1.165) is 12.8 Å². The molecule has 0 aliphatic rings. The van der Waals surface area contributed by atoms with Crippen molar-refractivity contribution in [2.24, 2.45) is 0 Å². The van der Waals surface area contributed by atoms with Gasteiger partial charge in [-0.1, -0.05) is 13.8 Å². The fourth-order valence-corrected chi connectivity index (χ4v) is 0.425. The van der Waals surface area contributed by atoms with Crippen molar-refractivity contribution in [2.75, 3.05) is 0 Å². The lowest BCUT2D eigenvalue weighted by Crippen LogP contribution is -2.04. The molecule has 0 aliphatic carbocycles. The molecule has 0 N–H and O–H groups in total. The second-order valence-corrected chi connectivity index (χ2v) is 1.53. The van der Waals surface area contributed by atoms with Crippen molar-refractivity contribution < 1.29 is 10.1 Å². The second-order valence-electron chi connectivity index (χ2n) is 1.53. The highest BCUT2D eigenvalue weighted by atomic mass is 17.1. The Labute approximate surface area is 44.0 Å². The molecule has 0 saturated heterocycles. The van der Waals surface area contributed by atoms with Crippen molar-refractivity contribution in [1.82, 2.24) is 0 Å². The van der Waals surface area contributed by atoms with Crippen LogP contribution in [0.3, 0.4) is 0 Å². The quantitative estimate of drug-likeness (QED) is 0.393. The molecule has 0 amide bonds. The fourth-order valence-electron chi connectivity index (χ4n) is 0.425. The average molecular weight is 103 g/mol. The standard InChI is InChI=1S/C5H11O2/c1-3-5(4-2)7-6/h5H,3-4H2,1-2H3. The molecule has 0 fully saturated rings. The van der Waals surface area contributed by atoms with E-state index in [1.807, 2.05) is 13.8 Å². The van der Waals surface area contributed by atoms with Crippen molar-refractivity contribution in [1.29, 1.82) is 0 Å². The van der Waals surface area contributed by atoms with Gasteiger partial charge in [-0.25, -0.2) is 4.89 Å². The average Bonchev–Trinajstić information content (AvgIpc) is 1.72. The predicted molar refractivity (Wildman–Crippen MR) is 26.1 cm³/mol. The molecule has 0 aliphatic heterocycles. The molecule has 0 heterocycles. The maximum absolute atomic E-state index is 9.59. The van der Waals surface area contributed by atoms with E-state index in [1.165, 1.54) is 0 Å². The van der Waals surface area contributed by atoms with Gasteiger partial charge in [-0.2, -0.15) is 0 Å². The molecule has 0 rings (SSSR count). The lowest BCUT2D eigenvalue weighted by molar-refractivity contribution is -0.335. The smallest absolute Gasteiger partial charge is 0.0957 e. The molecule has 0 aromatic heterocycles. The maximum Gasteiger partial charge on any atom is 0.0957 e. The summed E-state index contributed by atoms with van der Waals surface area (Å²) >= 11 is 0. The van der Waals surface area contributed by atoms with Crippen molar-refractivity contribution in [3.8, 4) is 0 Å². The zero-order valence-electron chi connectivity index (χ0n) is 4.81. The highest BCUT2D eigenvalue weighted by Crippen LogP contribution is 1.98. The van der Waals surface area contributed by atoms with Crippen LogP contribution in [0.15, 0.2) is 0 Å². The molecular formula is C5H11O2. The first-order valence-corrected chi connectivity index (χ1v) is 2.63. The number of hydrogen-bond donors (Lipinski definition) is 0. The van der Waals surface area contributed by atoms with E-state index in [0.29, 0.717) is 0 Å². The van der Waals surface area contributed by atoms with Gasteiger partial charge in [0.05, 0.1) is 6.10 Å². The first-order valence-electron chi connectivity index (χ1n) is 2.63. The van der Waals surface area contributed by atoms with Gasteiger partial charge in [0.1, 0.15) is 0 Å². The Kier molecular flexibility index (Phi) is 4.04. The van der Waals surface area contributed by atoms with Gasteiger partial charge in [-0.3, -0.25) is 0 Å². The molecule has 2 nitrogen and oxygen atoms in total. The zero-order chi connectivity index (χ0) is 5.70. The molecule has 0 unspecified atom stereocenters. The van der Waals surface area contributed by atoms with Crippen LogP contribution in [0.1, 0.15) is 26.7 Å². The minimum absolute atomic E-state index is 0.0694. The molecule has 43 valence electrons. The summed E-state index contributed by atoms with van der Waals surface area (Å²) in [6.45, 7) is 3.87. The lowest BCUT2D eigenvalue weighted by atomic mass is 10.2. The van der Waals surface area contributed by atoms with Crippen LogP contribution in [0.5, 0.6) is 0 Å². The highest BCUT2D eigenvalue weighted by Gasteiger charge is 1.99. The van der Waals surface area contributed by atoms with Gasteiger partial charge in [-0.15, -0.1) is 0 Å². The largest absolute Gasteiger partial charge is 0.201 e. The third kappa shape index (κ3) is 2.60. The van der Waals surface area contributed by atoms with E-state index < -0.39 is 0 Å². The van der Waals surface area contributed by atoms with E-state index in [1.54, 1.807) is 0 Å². The van der Waals surface area contributed by atoms with Gasteiger partial charge < -0.3 is 0 Å². The molecular weight excluding hydrogens is 92.1 g/mol. The van der Waals surface area contributed by atoms with Crippen molar-refractivity contribution in [3.05, 3.63) is 0 Å². The van der Waals surface area contributed by atoms with Crippen LogP contribution in [0, 0.1) is 0 Å². The molecule has 0 aromatic rings. The Morgan fingerprint density at radius 1 is 1.43 bits per heavy atom. The van der Waals surface area contributed by atoms with Crippen LogP contribution in [-0.2, 0) is 10.1 Å². The Balaban J connectivity index is 2.99. The molecule has 2 heteroatoms. The molecule has 1 radical (unpaired) electrons. The van der Waals surface area contributed by atoms with Gasteiger partial charge in [0.25, 0.3) is 0 Å². The summed E-state index contributed by atoms with van der Waals surface area (Å²) < 4.78 is 0. The van der Waals surface area contributed by atoms with Crippen molar-refractivity contribution in [3.63, 3.8) is 0 Å². The fraction of sp³-hybridized carbons (Fsp3) is 1.00. The highest BCUT2D eigenvalue weighted by molar-refractivity contribution is 4.45. The van der Waals surface area contributed by atoms with Gasteiger partial charge in [0.2, 0.25) is 0 Å². The van der Waals surface area contributed by atoms with Crippen LogP contribution < -0.4 is 0 Å². The minimum Gasteiger partial charge on any atom is -0.201 e. The third-order valence-electron chi connectivity index (χ3n) is 1.05. The topological polar surface area (TPSA) is 29.1 Å². The zero-order valence-corrected chi connectivity index (χ0v) is 4.81. The molecule has 0 bridgehead atoms. The van der Waals surface area contributed by atoms with E-state index in [-0.39, 0.29) is 6.10 Å². The van der Waals surface area contributed by atoms with Gasteiger partial charge in [-0.05, 0) is 18.1 Å². The SMILES string of the molecule is CCC(CC)O[O]. The molecule has 7 heavy (non-hydrogen) atoms. The van der Waals surface area contributed by atoms with Gasteiger partial charge in [0.15, 0.2) is 0 Å². The summed E-state index contributed by atoms with van der Waals surface area (Å²) in [5.74, 6) is 0. The Bertz CT molecular complexity index is 27.6. The Morgan fingerprint density at radius 2 is 1.86 bits per heavy atom.